The maximum Gasteiger partial charge on any atom is 0.338 e. The van der Waals surface area contributed by atoms with Gasteiger partial charge in [-0.1, -0.05) is 36.4 Å². The summed E-state index contributed by atoms with van der Waals surface area (Å²) in [6.07, 6.45) is 1.49. The second-order valence-corrected chi connectivity index (χ2v) is 4.46. The molecule has 2 aromatic carbocycles. The Morgan fingerprint density at radius 2 is 1.90 bits per heavy atom. The third-order valence-corrected chi connectivity index (χ3v) is 3.14. The van der Waals surface area contributed by atoms with Gasteiger partial charge in [-0.25, -0.2) is 4.79 Å². The molecule has 0 amide bonds. The van der Waals surface area contributed by atoms with E-state index in [-0.39, 0.29) is 5.56 Å². The lowest BCUT2D eigenvalue weighted by Gasteiger charge is -2.08. The molecule has 20 heavy (non-hydrogen) atoms. The maximum absolute atomic E-state index is 11.2. The summed E-state index contributed by atoms with van der Waals surface area (Å²) in [5.41, 5.74) is 2.02. The highest BCUT2D eigenvalue weighted by atomic mass is 16.5. The number of ether oxygens (including phenoxy) is 1. The molecule has 0 radical (unpaired) electrons. The number of aromatic nitrogens is 1. The molecule has 0 aliphatic rings. The fourth-order valence-corrected chi connectivity index (χ4v) is 2.18. The topological polar surface area (TPSA) is 62.3 Å². The van der Waals surface area contributed by atoms with Gasteiger partial charge in [0, 0.05) is 6.20 Å². The zero-order chi connectivity index (χ0) is 13.9. The van der Waals surface area contributed by atoms with Crippen molar-refractivity contribution in [2.75, 3.05) is 0 Å². The van der Waals surface area contributed by atoms with E-state index in [1.54, 1.807) is 6.07 Å². The molecule has 100 valence electrons. The minimum Gasteiger partial charge on any atom is -0.488 e. The first-order valence-corrected chi connectivity index (χ1v) is 6.26. The molecular weight excluding hydrogens is 254 g/mol. The summed E-state index contributed by atoms with van der Waals surface area (Å²) in [4.78, 5) is 14.2. The number of carboxylic acid groups (broad SMARTS) is 1. The number of H-pyrrole nitrogens is 1. The van der Waals surface area contributed by atoms with E-state index in [0.717, 1.165) is 11.1 Å². The number of hydrogen-bond acceptors (Lipinski definition) is 2. The summed E-state index contributed by atoms with van der Waals surface area (Å²) in [7, 11) is 0. The van der Waals surface area contributed by atoms with Crippen molar-refractivity contribution in [1.82, 2.24) is 4.98 Å². The lowest BCUT2D eigenvalue weighted by molar-refractivity contribution is 0.0699. The van der Waals surface area contributed by atoms with Crippen molar-refractivity contribution in [1.29, 1.82) is 0 Å². The summed E-state index contributed by atoms with van der Waals surface area (Å²) >= 11 is 0. The molecular formula is C16H13NO3. The van der Waals surface area contributed by atoms with Gasteiger partial charge >= 0.3 is 5.97 Å². The van der Waals surface area contributed by atoms with E-state index in [9.17, 15) is 9.90 Å². The van der Waals surface area contributed by atoms with E-state index >= 15 is 0 Å². The van der Waals surface area contributed by atoms with Gasteiger partial charge < -0.3 is 14.8 Å². The minimum absolute atomic E-state index is 0.226. The van der Waals surface area contributed by atoms with Crippen molar-refractivity contribution in [2.45, 2.75) is 6.61 Å². The van der Waals surface area contributed by atoms with Gasteiger partial charge in [-0.05, 0) is 17.7 Å². The second kappa shape index (κ2) is 5.09. The number of benzene rings is 2. The molecule has 4 heteroatoms. The van der Waals surface area contributed by atoms with Crippen LogP contribution < -0.4 is 4.74 Å². The van der Waals surface area contributed by atoms with Crippen molar-refractivity contribution in [3.63, 3.8) is 0 Å². The molecule has 0 atom stereocenters. The van der Waals surface area contributed by atoms with Crippen LogP contribution in [-0.2, 0) is 6.61 Å². The zero-order valence-corrected chi connectivity index (χ0v) is 10.7. The van der Waals surface area contributed by atoms with E-state index in [2.05, 4.69) is 4.98 Å². The Balaban J connectivity index is 1.95. The minimum atomic E-state index is -0.966. The van der Waals surface area contributed by atoms with Gasteiger partial charge in [0.15, 0.2) is 0 Å². The van der Waals surface area contributed by atoms with Crippen LogP contribution in [0.25, 0.3) is 10.9 Å². The number of carbonyl (C=O) groups is 1. The molecule has 1 heterocycles. The fraction of sp³-hybridized carbons (Fsp3) is 0.0625. The van der Waals surface area contributed by atoms with Crippen LogP contribution in [0.15, 0.2) is 54.7 Å². The number of fused-ring (bicyclic) bond motifs is 1. The van der Waals surface area contributed by atoms with E-state index in [4.69, 9.17) is 4.74 Å². The number of rotatable bonds is 4. The van der Waals surface area contributed by atoms with Gasteiger partial charge in [0.1, 0.15) is 12.4 Å². The van der Waals surface area contributed by atoms with Crippen molar-refractivity contribution >= 4 is 16.9 Å². The maximum atomic E-state index is 11.2. The summed E-state index contributed by atoms with van der Waals surface area (Å²) in [5, 5.41) is 9.81. The molecule has 0 spiro atoms. The van der Waals surface area contributed by atoms with Crippen LogP contribution in [-0.4, -0.2) is 16.1 Å². The Kier molecular flexibility index (Phi) is 3.13. The summed E-state index contributed by atoms with van der Waals surface area (Å²) < 4.78 is 5.77. The van der Waals surface area contributed by atoms with Gasteiger partial charge in [-0.2, -0.15) is 0 Å². The van der Waals surface area contributed by atoms with Gasteiger partial charge in [-0.15, -0.1) is 0 Å². The van der Waals surface area contributed by atoms with Gasteiger partial charge in [0.2, 0.25) is 0 Å². The van der Waals surface area contributed by atoms with Crippen LogP contribution in [0.3, 0.4) is 0 Å². The van der Waals surface area contributed by atoms with Crippen LogP contribution in [0.5, 0.6) is 5.75 Å². The second-order valence-electron chi connectivity index (χ2n) is 4.46. The van der Waals surface area contributed by atoms with Crippen molar-refractivity contribution in [2.24, 2.45) is 0 Å². The molecule has 4 nitrogen and oxygen atoms in total. The zero-order valence-electron chi connectivity index (χ0n) is 10.7. The summed E-state index contributed by atoms with van der Waals surface area (Å²) in [6, 6.07) is 15.2. The lowest BCUT2D eigenvalue weighted by atomic mass is 10.1. The largest absolute Gasteiger partial charge is 0.488 e. The summed E-state index contributed by atoms with van der Waals surface area (Å²) in [5.74, 6) is -0.392. The Morgan fingerprint density at radius 1 is 1.10 bits per heavy atom. The highest BCUT2D eigenvalue weighted by molar-refractivity contribution is 6.05. The lowest BCUT2D eigenvalue weighted by Crippen LogP contribution is -1.98. The molecule has 0 bridgehead atoms. The number of hydrogen-bond donors (Lipinski definition) is 2. The van der Waals surface area contributed by atoms with Crippen LogP contribution in [0.4, 0.5) is 0 Å². The molecule has 0 aliphatic heterocycles. The average molecular weight is 267 g/mol. The molecule has 3 aromatic rings. The number of aromatic carboxylic acids is 1. The first-order valence-electron chi connectivity index (χ1n) is 6.26. The third-order valence-electron chi connectivity index (χ3n) is 3.14. The SMILES string of the molecule is O=C(O)c1c[nH]c2cccc(OCc3ccccc3)c12. The monoisotopic (exact) mass is 267 g/mol. The first kappa shape index (κ1) is 12.3. The molecule has 0 fully saturated rings. The molecule has 1 aromatic heterocycles. The normalized spacial score (nSPS) is 10.6. The van der Waals surface area contributed by atoms with Crippen LogP contribution >= 0.6 is 0 Å². The van der Waals surface area contributed by atoms with Crippen molar-refractivity contribution in [3.05, 3.63) is 65.9 Å². The van der Waals surface area contributed by atoms with E-state index in [1.807, 2.05) is 42.5 Å². The van der Waals surface area contributed by atoms with E-state index < -0.39 is 5.97 Å². The molecule has 0 aliphatic carbocycles. The first-order chi connectivity index (χ1) is 9.75. The Bertz CT molecular complexity index is 747. The van der Waals surface area contributed by atoms with Gasteiger partial charge in [0.25, 0.3) is 0 Å². The van der Waals surface area contributed by atoms with E-state index in [0.29, 0.717) is 17.7 Å². The molecule has 0 unspecified atom stereocenters. The van der Waals surface area contributed by atoms with Gasteiger partial charge in [0.05, 0.1) is 16.5 Å². The Morgan fingerprint density at radius 3 is 2.65 bits per heavy atom. The standard InChI is InChI=1S/C16H13NO3/c18-16(19)12-9-17-13-7-4-8-14(15(12)13)20-10-11-5-2-1-3-6-11/h1-9,17H,10H2,(H,18,19). The van der Waals surface area contributed by atoms with Crippen LogP contribution in [0, 0.1) is 0 Å². The van der Waals surface area contributed by atoms with Gasteiger partial charge in [-0.3, -0.25) is 0 Å². The molecule has 3 rings (SSSR count). The average Bonchev–Trinajstić information content (AvgIpc) is 2.91. The molecule has 0 saturated heterocycles. The van der Waals surface area contributed by atoms with E-state index in [1.165, 1.54) is 6.20 Å². The Labute approximate surface area is 115 Å². The highest BCUT2D eigenvalue weighted by Gasteiger charge is 2.14. The number of aromatic amines is 1. The number of carboxylic acids is 1. The third kappa shape index (κ3) is 2.23. The Hall–Kier alpha value is -2.75. The van der Waals surface area contributed by atoms with Crippen LogP contribution in [0.1, 0.15) is 15.9 Å². The van der Waals surface area contributed by atoms with Crippen molar-refractivity contribution in [3.8, 4) is 5.75 Å². The summed E-state index contributed by atoms with van der Waals surface area (Å²) in [6.45, 7) is 0.407. The molecule has 0 saturated carbocycles. The predicted molar refractivity (Wildman–Crippen MR) is 76.0 cm³/mol. The smallest absolute Gasteiger partial charge is 0.338 e. The highest BCUT2D eigenvalue weighted by Crippen LogP contribution is 2.29. The fourth-order valence-electron chi connectivity index (χ4n) is 2.18. The van der Waals surface area contributed by atoms with Crippen LogP contribution in [0.2, 0.25) is 0 Å². The molecule has 2 N–H and O–H groups in total. The number of nitrogens with one attached hydrogen (secondary N) is 1. The predicted octanol–water partition coefficient (Wildman–Crippen LogP) is 3.45. The quantitative estimate of drug-likeness (QED) is 0.761. The van der Waals surface area contributed by atoms with Crippen molar-refractivity contribution < 1.29 is 14.6 Å².